The number of thiazole rings is 1. The van der Waals surface area contributed by atoms with Crippen LogP contribution in [0.3, 0.4) is 0 Å². The summed E-state index contributed by atoms with van der Waals surface area (Å²) in [6, 6.07) is 2.44. The van der Waals surface area contributed by atoms with E-state index in [0.29, 0.717) is 0 Å². The number of aromatic amines is 1. The Bertz CT molecular complexity index is 939. The molecule has 1 saturated carbocycles. The number of nitrogens with one attached hydrogen (secondary N) is 3. The first kappa shape index (κ1) is 17.8. The molecule has 3 heterocycles. The Morgan fingerprint density at radius 3 is 2.81 bits per heavy atom. The van der Waals surface area contributed by atoms with Crippen LogP contribution in [0.25, 0.3) is 21.6 Å². The van der Waals surface area contributed by atoms with Crippen LogP contribution in [0.4, 0.5) is 10.5 Å². The number of rotatable bonds is 4. The van der Waals surface area contributed by atoms with E-state index in [9.17, 15) is 4.79 Å². The summed E-state index contributed by atoms with van der Waals surface area (Å²) in [4.78, 5) is 24.0. The molecule has 0 saturated heterocycles. The molecule has 0 unspecified atom stereocenters. The van der Waals surface area contributed by atoms with Crippen LogP contribution in [-0.4, -0.2) is 38.7 Å². The number of aromatic nitrogens is 3. The third kappa shape index (κ3) is 3.90. The molecule has 8 heteroatoms. The number of carbonyl (C=O) groups excluding carboxylic acids is 1. The maximum atomic E-state index is 11.9. The number of anilines is 1. The van der Waals surface area contributed by atoms with Gasteiger partial charge in [-0.2, -0.15) is 0 Å². The third-order valence-electron chi connectivity index (χ3n) is 4.46. The van der Waals surface area contributed by atoms with Gasteiger partial charge in [-0.05, 0) is 39.7 Å². The highest BCUT2D eigenvalue weighted by Gasteiger charge is 2.32. The van der Waals surface area contributed by atoms with Crippen LogP contribution in [0.5, 0.6) is 0 Å². The van der Waals surface area contributed by atoms with Crippen LogP contribution in [0.1, 0.15) is 33.6 Å². The summed E-state index contributed by atoms with van der Waals surface area (Å²) in [6.45, 7) is 5.59. The van der Waals surface area contributed by atoms with Gasteiger partial charge in [0.15, 0.2) is 0 Å². The fourth-order valence-electron chi connectivity index (χ4n) is 3.21. The maximum Gasteiger partial charge on any atom is 0.407 e. The molecule has 0 bridgehead atoms. The predicted octanol–water partition coefficient (Wildman–Crippen LogP) is 4.15. The Hall–Kier alpha value is -2.61. The van der Waals surface area contributed by atoms with Gasteiger partial charge in [0, 0.05) is 41.4 Å². The molecule has 3 N–H and O–H groups in total. The van der Waals surface area contributed by atoms with Crippen LogP contribution in [-0.2, 0) is 4.74 Å². The minimum absolute atomic E-state index is 0.129. The summed E-state index contributed by atoms with van der Waals surface area (Å²) in [5.74, 6) is 0. The van der Waals surface area contributed by atoms with Crippen LogP contribution in [0.15, 0.2) is 30.0 Å². The molecule has 7 nitrogen and oxygen atoms in total. The highest BCUT2D eigenvalue weighted by molar-refractivity contribution is 7.13. The summed E-state index contributed by atoms with van der Waals surface area (Å²) in [7, 11) is 0. The minimum Gasteiger partial charge on any atom is -0.444 e. The monoisotopic (exact) mass is 385 g/mol. The summed E-state index contributed by atoms with van der Waals surface area (Å²) < 4.78 is 5.32. The van der Waals surface area contributed by atoms with Crippen molar-refractivity contribution in [3.05, 3.63) is 30.0 Å². The Kier molecular flexibility index (Phi) is 4.51. The maximum absolute atomic E-state index is 11.9. The smallest absolute Gasteiger partial charge is 0.407 e. The molecular weight excluding hydrogens is 362 g/mol. The van der Waals surface area contributed by atoms with Gasteiger partial charge in [0.05, 0.1) is 11.3 Å². The van der Waals surface area contributed by atoms with E-state index in [-0.39, 0.29) is 18.2 Å². The molecule has 0 radical (unpaired) electrons. The van der Waals surface area contributed by atoms with Crippen LogP contribution in [0, 0.1) is 0 Å². The van der Waals surface area contributed by atoms with Gasteiger partial charge in [-0.25, -0.2) is 14.8 Å². The zero-order chi connectivity index (χ0) is 19.0. The lowest BCUT2D eigenvalue weighted by atomic mass is 9.86. The number of hydrogen-bond acceptors (Lipinski definition) is 6. The number of fused-ring (bicyclic) bond motifs is 1. The first-order chi connectivity index (χ1) is 12.9. The van der Waals surface area contributed by atoms with Crippen molar-refractivity contribution in [1.82, 2.24) is 20.3 Å². The van der Waals surface area contributed by atoms with Crippen molar-refractivity contribution in [2.45, 2.75) is 51.3 Å². The van der Waals surface area contributed by atoms with Crippen LogP contribution in [0.2, 0.25) is 0 Å². The molecule has 0 aliphatic heterocycles. The van der Waals surface area contributed by atoms with Gasteiger partial charge in [0.25, 0.3) is 0 Å². The van der Waals surface area contributed by atoms with E-state index >= 15 is 0 Å². The molecule has 1 aliphatic carbocycles. The van der Waals surface area contributed by atoms with Crippen molar-refractivity contribution in [2.75, 3.05) is 5.32 Å². The molecule has 1 aliphatic rings. The first-order valence-corrected chi connectivity index (χ1v) is 9.89. The predicted molar refractivity (Wildman–Crippen MR) is 107 cm³/mol. The van der Waals surface area contributed by atoms with Crippen molar-refractivity contribution in [3.8, 4) is 10.6 Å². The molecular formula is C19H23N5O2S. The van der Waals surface area contributed by atoms with Gasteiger partial charge in [0.1, 0.15) is 16.3 Å². The molecule has 3 aromatic heterocycles. The summed E-state index contributed by atoms with van der Waals surface area (Å²) in [6.07, 6.45) is 6.90. The summed E-state index contributed by atoms with van der Waals surface area (Å²) in [5, 5.41) is 10.5. The second kappa shape index (κ2) is 6.84. The second-order valence-corrected chi connectivity index (χ2v) is 8.67. The number of nitrogens with zero attached hydrogens (tertiary/aromatic N) is 2. The third-order valence-corrected chi connectivity index (χ3v) is 5.26. The number of pyridine rings is 1. The first-order valence-electron chi connectivity index (χ1n) is 9.01. The van der Waals surface area contributed by atoms with Crippen LogP contribution < -0.4 is 10.6 Å². The zero-order valence-corrected chi connectivity index (χ0v) is 16.4. The Morgan fingerprint density at radius 2 is 2.11 bits per heavy atom. The quantitative estimate of drug-likeness (QED) is 0.627. The van der Waals surface area contributed by atoms with Gasteiger partial charge in [-0.3, -0.25) is 0 Å². The summed E-state index contributed by atoms with van der Waals surface area (Å²) >= 11 is 1.59. The Balaban J connectivity index is 1.45. The van der Waals surface area contributed by atoms with E-state index in [1.807, 2.05) is 44.6 Å². The highest BCUT2D eigenvalue weighted by Crippen LogP contribution is 2.37. The van der Waals surface area contributed by atoms with E-state index in [0.717, 1.165) is 40.1 Å². The van der Waals surface area contributed by atoms with Crippen molar-refractivity contribution in [3.63, 3.8) is 0 Å². The van der Waals surface area contributed by atoms with Gasteiger partial charge in [-0.15, -0.1) is 11.3 Å². The molecule has 1 fully saturated rings. The number of H-pyrrole nitrogens is 1. The standard InChI is InChI=1S/C19H23N5O2S/c1-19(2,3)26-18(25)24-12-8-11(9-12)23-15-13-4-5-20-16(13)22-10-14(15)17-21-6-7-27-17/h4-7,10-12H,8-9H2,1-3H3,(H,24,25)(H2,20,22,23)/t11-,12+. The fraction of sp³-hybridized carbons (Fsp3) is 0.421. The largest absolute Gasteiger partial charge is 0.444 e. The molecule has 3 aromatic rings. The van der Waals surface area contributed by atoms with E-state index < -0.39 is 5.60 Å². The van der Waals surface area contributed by atoms with E-state index in [4.69, 9.17) is 4.74 Å². The molecule has 0 aromatic carbocycles. The Labute approximate surface area is 161 Å². The fourth-order valence-corrected chi connectivity index (χ4v) is 3.87. The topological polar surface area (TPSA) is 91.9 Å². The van der Waals surface area contributed by atoms with Gasteiger partial charge < -0.3 is 20.4 Å². The van der Waals surface area contributed by atoms with Gasteiger partial charge in [-0.1, -0.05) is 0 Å². The minimum atomic E-state index is -0.481. The second-order valence-electron chi connectivity index (χ2n) is 7.78. The van der Waals surface area contributed by atoms with Crippen molar-refractivity contribution in [2.24, 2.45) is 0 Å². The normalized spacial score (nSPS) is 19.5. The van der Waals surface area contributed by atoms with E-state index in [1.54, 1.807) is 17.5 Å². The molecule has 0 spiro atoms. The molecule has 4 rings (SSSR count). The number of hydrogen-bond donors (Lipinski definition) is 3. The van der Waals surface area contributed by atoms with Crippen molar-refractivity contribution < 1.29 is 9.53 Å². The summed E-state index contributed by atoms with van der Waals surface area (Å²) in [5.41, 5.74) is 2.41. The number of alkyl carbamates (subject to hydrolysis) is 1. The molecule has 0 atom stereocenters. The molecule has 142 valence electrons. The number of ether oxygens (including phenoxy) is 1. The van der Waals surface area contributed by atoms with Crippen molar-refractivity contribution in [1.29, 1.82) is 0 Å². The van der Waals surface area contributed by atoms with Crippen LogP contribution >= 0.6 is 11.3 Å². The number of amides is 1. The SMILES string of the molecule is CC(C)(C)OC(=O)N[C@H]1C[C@@H](Nc2c(-c3nccs3)cnc3[nH]ccc23)C1. The lowest BCUT2D eigenvalue weighted by molar-refractivity contribution is 0.0475. The average molecular weight is 385 g/mol. The Morgan fingerprint density at radius 1 is 1.30 bits per heavy atom. The number of carbonyl (C=O) groups is 1. The van der Waals surface area contributed by atoms with Gasteiger partial charge in [0.2, 0.25) is 0 Å². The highest BCUT2D eigenvalue weighted by atomic mass is 32.1. The van der Waals surface area contributed by atoms with Gasteiger partial charge >= 0.3 is 6.09 Å². The average Bonchev–Trinajstić information content (AvgIpc) is 3.22. The molecule has 1 amide bonds. The lowest BCUT2D eigenvalue weighted by Crippen LogP contribution is -2.50. The zero-order valence-electron chi connectivity index (χ0n) is 15.6. The molecule has 27 heavy (non-hydrogen) atoms. The van der Waals surface area contributed by atoms with Crippen molar-refractivity contribution >= 4 is 34.2 Å². The lowest BCUT2D eigenvalue weighted by Gasteiger charge is -2.37. The van der Waals surface area contributed by atoms with E-state index in [1.165, 1.54) is 0 Å². The van der Waals surface area contributed by atoms with E-state index in [2.05, 4.69) is 25.6 Å².